The van der Waals surface area contributed by atoms with Crippen LogP contribution >= 0.6 is 11.8 Å². The number of likely N-dealkylation sites (N-methyl/N-ethyl adjacent to an activating group) is 1. The summed E-state index contributed by atoms with van der Waals surface area (Å²) in [6.45, 7) is 4.26. The SMILES string of the molecule is CCSC1=C(C(=O)O)C(C)=CC(N(C)Cc2ccc(C(F)(F)F)cc2)N1Cc1cccc(F)c1. The summed E-state index contributed by atoms with van der Waals surface area (Å²) in [5, 5.41) is 10.5. The second-order valence-corrected chi connectivity index (χ2v) is 9.30. The molecule has 0 saturated heterocycles. The Morgan fingerprint density at radius 1 is 1.15 bits per heavy atom. The van der Waals surface area contributed by atoms with Crippen LogP contribution in [0.3, 0.4) is 0 Å². The van der Waals surface area contributed by atoms with Crippen molar-refractivity contribution in [2.75, 3.05) is 12.8 Å². The van der Waals surface area contributed by atoms with E-state index in [1.807, 2.05) is 29.8 Å². The molecule has 1 aliphatic rings. The van der Waals surface area contributed by atoms with Crippen molar-refractivity contribution in [3.63, 3.8) is 0 Å². The van der Waals surface area contributed by atoms with E-state index in [1.165, 1.54) is 36.0 Å². The van der Waals surface area contributed by atoms with Gasteiger partial charge in [0.1, 0.15) is 12.0 Å². The number of alkyl halides is 3. The molecule has 0 amide bonds. The minimum atomic E-state index is -4.40. The molecule has 4 nitrogen and oxygen atoms in total. The van der Waals surface area contributed by atoms with Gasteiger partial charge in [-0.15, -0.1) is 11.8 Å². The smallest absolute Gasteiger partial charge is 0.416 e. The molecule has 1 heterocycles. The van der Waals surface area contributed by atoms with Crippen molar-refractivity contribution >= 4 is 17.7 Å². The molecular formula is C25H26F4N2O2S. The number of carboxylic acids is 1. The molecule has 1 unspecified atom stereocenters. The zero-order valence-electron chi connectivity index (χ0n) is 19.1. The fourth-order valence-corrected chi connectivity index (χ4v) is 4.93. The molecule has 0 saturated carbocycles. The Labute approximate surface area is 200 Å². The number of carbonyl (C=O) groups is 1. The van der Waals surface area contributed by atoms with Crippen LogP contribution in [0.15, 0.2) is 70.8 Å². The van der Waals surface area contributed by atoms with E-state index >= 15 is 0 Å². The summed E-state index contributed by atoms with van der Waals surface area (Å²) in [6.07, 6.45) is -2.96. The summed E-state index contributed by atoms with van der Waals surface area (Å²) >= 11 is 1.39. The van der Waals surface area contributed by atoms with Crippen LogP contribution in [0.5, 0.6) is 0 Å². The maximum absolute atomic E-state index is 13.9. The molecule has 1 aliphatic heterocycles. The fourth-order valence-electron chi connectivity index (χ4n) is 3.92. The highest BCUT2D eigenvalue weighted by atomic mass is 32.2. The molecule has 2 aromatic rings. The Kier molecular flexibility index (Phi) is 8.09. The molecule has 3 rings (SSSR count). The number of thioether (sulfide) groups is 1. The molecule has 1 N–H and O–H groups in total. The number of halogens is 4. The third-order valence-corrected chi connectivity index (χ3v) is 6.49. The van der Waals surface area contributed by atoms with Crippen LogP contribution < -0.4 is 0 Å². The highest BCUT2D eigenvalue weighted by molar-refractivity contribution is 8.03. The molecule has 2 aromatic carbocycles. The van der Waals surface area contributed by atoms with Crippen molar-refractivity contribution in [3.05, 3.63) is 93.3 Å². The van der Waals surface area contributed by atoms with Gasteiger partial charge in [-0.25, -0.2) is 9.18 Å². The number of aliphatic carboxylic acids is 1. The van der Waals surface area contributed by atoms with Gasteiger partial charge in [0.05, 0.1) is 16.2 Å². The van der Waals surface area contributed by atoms with E-state index in [4.69, 9.17) is 0 Å². The first-order valence-electron chi connectivity index (χ1n) is 10.7. The number of benzene rings is 2. The molecule has 0 aliphatic carbocycles. The summed E-state index contributed by atoms with van der Waals surface area (Å²) in [4.78, 5) is 15.9. The Bertz CT molecular complexity index is 1100. The van der Waals surface area contributed by atoms with E-state index in [1.54, 1.807) is 19.1 Å². The Morgan fingerprint density at radius 2 is 1.82 bits per heavy atom. The summed E-state index contributed by atoms with van der Waals surface area (Å²) in [5.74, 6) is -0.796. The van der Waals surface area contributed by atoms with Crippen molar-refractivity contribution in [1.82, 2.24) is 9.80 Å². The van der Waals surface area contributed by atoms with Crippen molar-refractivity contribution in [1.29, 1.82) is 0 Å². The first kappa shape index (κ1) is 25.8. The number of rotatable bonds is 8. The minimum absolute atomic E-state index is 0.197. The topological polar surface area (TPSA) is 43.8 Å². The molecule has 182 valence electrons. The second kappa shape index (κ2) is 10.7. The lowest BCUT2D eigenvalue weighted by molar-refractivity contribution is -0.137. The normalized spacial score (nSPS) is 16.8. The van der Waals surface area contributed by atoms with Gasteiger partial charge in [0, 0.05) is 13.1 Å². The van der Waals surface area contributed by atoms with Crippen LogP contribution in [-0.4, -0.2) is 39.8 Å². The van der Waals surface area contributed by atoms with Gasteiger partial charge in [0.15, 0.2) is 0 Å². The van der Waals surface area contributed by atoms with Gasteiger partial charge in [0.25, 0.3) is 0 Å². The van der Waals surface area contributed by atoms with Gasteiger partial charge in [-0.3, -0.25) is 4.90 Å². The summed E-state index contributed by atoms with van der Waals surface area (Å²) < 4.78 is 52.6. The van der Waals surface area contributed by atoms with Gasteiger partial charge in [0.2, 0.25) is 0 Å². The van der Waals surface area contributed by atoms with Crippen molar-refractivity contribution in [2.24, 2.45) is 0 Å². The predicted molar refractivity (Wildman–Crippen MR) is 125 cm³/mol. The van der Waals surface area contributed by atoms with Crippen LogP contribution in [0.2, 0.25) is 0 Å². The van der Waals surface area contributed by atoms with E-state index in [2.05, 4.69) is 0 Å². The lowest BCUT2D eigenvalue weighted by Gasteiger charge is -2.42. The van der Waals surface area contributed by atoms with Gasteiger partial charge < -0.3 is 10.0 Å². The van der Waals surface area contributed by atoms with E-state index < -0.39 is 17.7 Å². The summed E-state index contributed by atoms with van der Waals surface area (Å²) in [6, 6.07) is 11.1. The van der Waals surface area contributed by atoms with Gasteiger partial charge >= 0.3 is 12.1 Å². The Hall–Kier alpha value is -2.78. The van der Waals surface area contributed by atoms with Crippen molar-refractivity contribution < 1.29 is 27.5 Å². The molecule has 0 aromatic heterocycles. The summed E-state index contributed by atoms with van der Waals surface area (Å²) in [7, 11) is 1.82. The highest BCUT2D eigenvalue weighted by Gasteiger charge is 2.33. The lowest BCUT2D eigenvalue weighted by atomic mass is 10.0. The van der Waals surface area contributed by atoms with E-state index in [0.29, 0.717) is 34.0 Å². The largest absolute Gasteiger partial charge is 0.478 e. The first-order valence-corrected chi connectivity index (χ1v) is 11.7. The first-order chi connectivity index (χ1) is 16.0. The average Bonchev–Trinajstić information content (AvgIpc) is 2.75. The zero-order chi connectivity index (χ0) is 25.0. The monoisotopic (exact) mass is 494 g/mol. The molecule has 0 radical (unpaired) electrons. The standard InChI is InChI=1S/C25H26F4N2O2S/c1-4-34-23-22(24(32)33)16(2)12-21(31(23)15-18-6-5-7-20(26)13-18)30(3)14-17-8-10-19(11-9-17)25(27,28)29/h5-13,21H,4,14-15H2,1-3H3,(H,32,33). The number of nitrogens with zero attached hydrogens (tertiary/aromatic N) is 2. The minimum Gasteiger partial charge on any atom is -0.478 e. The maximum atomic E-state index is 13.9. The van der Waals surface area contributed by atoms with Crippen LogP contribution in [0, 0.1) is 5.82 Å². The third-order valence-electron chi connectivity index (χ3n) is 5.49. The maximum Gasteiger partial charge on any atom is 0.416 e. The van der Waals surface area contributed by atoms with Gasteiger partial charge in [-0.2, -0.15) is 13.2 Å². The van der Waals surface area contributed by atoms with Gasteiger partial charge in [-0.1, -0.05) is 31.2 Å². The van der Waals surface area contributed by atoms with E-state index in [9.17, 15) is 27.5 Å². The van der Waals surface area contributed by atoms with Crippen LogP contribution in [0.1, 0.15) is 30.5 Å². The van der Waals surface area contributed by atoms with Crippen LogP contribution in [0.25, 0.3) is 0 Å². The van der Waals surface area contributed by atoms with Gasteiger partial charge in [-0.05, 0) is 66.8 Å². The molecule has 0 bridgehead atoms. The van der Waals surface area contributed by atoms with Crippen molar-refractivity contribution in [2.45, 2.75) is 39.3 Å². The molecule has 9 heteroatoms. The summed E-state index contributed by atoms with van der Waals surface area (Å²) in [5.41, 5.74) is 1.45. The van der Waals surface area contributed by atoms with Crippen LogP contribution in [0.4, 0.5) is 17.6 Å². The molecular weight excluding hydrogens is 468 g/mol. The third kappa shape index (κ3) is 6.01. The quantitative estimate of drug-likeness (QED) is 0.449. The number of hydrogen-bond donors (Lipinski definition) is 1. The lowest BCUT2D eigenvalue weighted by Crippen LogP contribution is -2.46. The Morgan fingerprint density at radius 3 is 2.38 bits per heavy atom. The molecule has 0 fully saturated rings. The van der Waals surface area contributed by atoms with E-state index in [0.717, 1.165) is 12.1 Å². The van der Waals surface area contributed by atoms with Crippen LogP contribution in [-0.2, 0) is 24.1 Å². The second-order valence-electron chi connectivity index (χ2n) is 8.05. The Balaban J connectivity index is 1.96. The van der Waals surface area contributed by atoms with Crippen molar-refractivity contribution in [3.8, 4) is 0 Å². The molecule has 34 heavy (non-hydrogen) atoms. The average molecular weight is 495 g/mol. The molecule has 1 atom stereocenters. The van der Waals surface area contributed by atoms with E-state index in [-0.39, 0.29) is 24.1 Å². The zero-order valence-corrected chi connectivity index (χ0v) is 19.9. The predicted octanol–water partition coefficient (Wildman–Crippen LogP) is 6.11. The number of hydrogen-bond acceptors (Lipinski definition) is 4. The number of carboxylic acid groups (broad SMARTS) is 1. The molecule has 0 spiro atoms. The fraction of sp³-hybridized carbons (Fsp3) is 0.320. The highest BCUT2D eigenvalue weighted by Crippen LogP contribution is 2.37.